The molecule has 6 heteroatoms. The maximum atomic E-state index is 11.5. The molecule has 6 nitrogen and oxygen atoms in total. The molecule has 0 spiro atoms. The largest absolute Gasteiger partial charge is 0.460 e. The van der Waals surface area contributed by atoms with E-state index in [-0.39, 0.29) is 0 Å². The van der Waals surface area contributed by atoms with Gasteiger partial charge in [-0.2, -0.15) is 4.98 Å². The topological polar surface area (TPSA) is 67.5 Å². The first-order valence-corrected chi connectivity index (χ1v) is 5.63. The first-order valence-electron chi connectivity index (χ1n) is 5.63. The normalized spacial score (nSPS) is 15.2. The van der Waals surface area contributed by atoms with Crippen molar-refractivity contribution in [3.63, 3.8) is 0 Å². The molecule has 18 heavy (non-hydrogen) atoms. The molecule has 1 aromatic rings. The Morgan fingerprint density at radius 3 is 2.72 bits per heavy atom. The molecule has 0 atom stereocenters. The standard InChI is InChI=1S/C12H15N3O3/c1-3-9-10(18-4-2)11(14-12(16)13-9)15-5-7-17-8-6-15/h3-4H,1-2,5-8H2,(H,13,14,16). The van der Waals surface area contributed by atoms with E-state index in [0.29, 0.717) is 43.6 Å². The van der Waals surface area contributed by atoms with E-state index >= 15 is 0 Å². The van der Waals surface area contributed by atoms with E-state index in [2.05, 4.69) is 23.1 Å². The van der Waals surface area contributed by atoms with Crippen LogP contribution in [0.15, 0.2) is 24.2 Å². The van der Waals surface area contributed by atoms with E-state index in [1.54, 1.807) is 0 Å². The Labute approximate surface area is 105 Å². The van der Waals surface area contributed by atoms with Crippen LogP contribution in [-0.2, 0) is 4.74 Å². The van der Waals surface area contributed by atoms with Crippen molar-refractivity contribution >= 4 is 11.9 Å². The van der Waals surface area contributed by atoms with E-state index < -0.39 is 5.69 Å². The second-order valence-electron chi connectivity index (χ2n) is 3.70. The molecule has 96 valence electrons. The summed E-state index contributed by atoms with van der Waals surface area (Å²) in [5.74, 6) is 0.957. The van der Waals surface area contributed by atoms with Gasteiger partial charge in [0.1, 0.15) is 0 Å². The number of aromatic amines is 1. The van der Waals surface area contributed by atoms with Gasteiger partial charge in [0.2, 0.25) is 0 Å². The first kappa shape index (κ1) is 12.4. The number of aromatic nitrogens is 2. The van der Waals surface area contributed by atoms with E-state index in [9.17, 15) is 4.79 Å². The van der Waals surface area contributed by atoms with Gasteiger partial charge in [-0.15, -0.1) is 0 Å². The van der Waals surface area contributed by atoms with Crippen LogP contribution in [0, 0.1) is 0 Å². The van der Waals surface area contributed by atoms with Gasteiger partial charge in [0.25, 0.3) is 0 Å². The van der Waals surface area contributed by atoms with Gasteiger partial charge in [-0.1, -0.05) is 13.2 Å². The molecule has 1 N–H and O–H groups in total. The molecule has 1 fully saturated rings. The summed E-state index contributed by atoms with van der Waals surface area (Å²) in [5.41, 5.74) is 0.0687. The monoisotopic (exact) mass is 249 g/mol. The highest BCUT2D eigenvalue weighted by Crippen LogP contribution is 2.28. The summed E-state index contributed by atoms with van der Waals surface area (Å²) in [5, 5.41) is 0. The van der Waals surface area contributed by atoms with Gasteiger partial charge in [0, 0.05) is 13.1 Å². The lowest BCUT2D eigenvalue weighted by atomic mass is 10.3. The molecule has 0 amide bonds. The van der Waals surface area contributed by atoms with Gasteiger partial charge in [0.05, 0.1) is 25.2 Å². The number of H-pyrrole nitrogens is 1. The summed E-state index contributed by atoms with van der Waals surface area (Å²) in [7, 11) is 0. The molecule has 0 aromatic carbocycles. The molecular formula is C12H15N3O3. The lowest BCUT2D eigenvalue weighted by Crippen LogP contribution is -2.38. The van der Waals surface area contributed by atoms with Gasteiger partial charge >= 0.3 is 5.69 Å². The molecule has 0 saturated carbocycles. The van der Waals surface area contributed by atoms with Gasteiger partial charge in [-0.25, -0.2) is 4.79 Å². The van der Waals surface area contributed by atoms with Gasteiger partial charge in [0.15, 0.2) is 11.6 Å². The van der Waals surface area contributed by atoms with Crippen molar-refractivity contribution in [1.29, 1.82) is 0 Å². The van der Waals surface area contributed by atoms with Crippen molar-refractivity contribution in [3.8, 4) is 5.75 Å². The van der Waals surface area contributed by atoms with Crippen molar-refractivity contribution in [2.24, 2.45) is 0 Å². The highest BCUT2D eigenvalue weighted by Gasteiger charge is 2.20. The van der Waals surface area contributed by atoms with Crippen molar-refractivity contribution in [2.75, 3.05) is 31.2 Å². The summed E-state index contributed by atoms with van der Waals surface area (Å²) >= 11 is 0. The number of anilines is 1. The van der Waals surface area contributed by atoms with Gasteiger partial charge in [-0.05, 0) is 6.08 Å². The average molecular weight is 249 g/mol. The molecule has 0 unspecified atom stereocenters. The predicted octanol–water partition coefficient (Wildman–Crippen LogP) is 0.772. The second kappa shape index (κ2) is 5.50. The lowest BCUT2D eigenvalue weighted by molar-refractivity contribution is 0.122. The minimum Gasteiger partial charge on any atom is -0.460 e. The van der Waals surface area contributed by atoms with Gasteiger partial charge in [-0.3, -0.25) is 0 Å². The summed E-state index contributed by atoms with van der Waals surface area (Å²) < 4.78 is 10.6. The fourth-order valence-corrected chi connectivity index (χ4v) is 1.80. The van der Waals surface area contributed by atoms with Crippen molar-refractivity contribution in [2.45, 2.75) is 0 Å². The highest BCUT2D eigenvalue weighted by atomic mass is 16.5. The van der Waals surface area contributed by atoms with Crippen LogP contribution >= 0.6 is 0 Å². The Balaban J connectivity index is 2.48. The molecule has 1 saturated heterocycles. The maximum Gasteiger partial charge on any atom is 0.347 e. The summed E-state index contributed by atoms with van der Waals surface area (Å²) in [6.07, 6.45) is 2.82. The number of morpholine rings is 1. The van der Waals surface area contributed by atoms with Crippen LogP contribution in [0.1, 0.15) is 5.69 Å². The average Bonchev–Trinajstić information content (AvgIpc) is 2.41. The van der Waals surface area contributed by atoms with Crippen LogP contribution in [0.2, 0.25) is 0 Å². The van der Waals surface area contributed by atoms with E-state index in [0.717, 1.165) is 0 Å². The van der Waals surface area contributed by atoms with Crippen LogP contribution in [0.25, 0.3) is 6.08 Å². The molecule has 0 bridgehead atoms. The van der Waals surface area contributed by atoms with Crippen LogP contribution < -0.4 is 15.3 Å². The zero-order chi connectivity index (χ0) is 13.0. The number of rotatable bonds is 4. The Hall–Kier alpha value is -2.08. The fourth-order valence-electron chi connectivity index (χ4n) is 1.80. The highest BCUT2D eigenvalue weighted by molar-refractivity contribution is 5.63. The molecule has 1 aliphatic heterocycles. The SMILES string of the molecule is C=COc1c(N2CCOCC2)nc(=O)[nH]c1C=C. The van der Waals surface area contributed by atoms with Crippen LogP contribution in [-0.4, -0.2) is 36.3 Å². The third kappa shape index (κ3) is 2.43. The summed E-state index contributed by atoms with van der Waals surface area (Å²) in [6, 6.07) is 0. The molecule has 2 heterocycles. The minimum absolute atomic E-state index is 0.428. The Morgan fingerprint density at radius 1 is 1.39 bits per heavy atom. The zero-order valence-corrected chi connectivity index (χ0v) is 10.0. The minimum atomic E-state index is -0.428. The van der Waals surface area contributed by atoms with Crippen molar-refractivity contribution in [1.82, 2.24) is 9.97 Å². The zero-order valence-electron chi connectivity index (χ0n) is 10.0. The number of hydrogen-bond donors (Lipinski definition) is 1. The number of nitrogens with zero attached hydrogens (tertiary/aromatic N) is 2. The molecule has 1 aliphatic rings. The number of nitrogens with one attached hydrogen (secondary N) is 1. The van der Waals surface area contributed by atoms with Gasteiger partial charge < -0.3 is 19.4 Å². The lowest BCUT2D eigenvalue weighted by Gasteiger charge is -2.28. The molecule has 2 rings (SSSR count). The number of ether oxygens (including phenoxy) is 2. The smallest absolute Gasteiger partial charge is 0.347 e. The van der Waals surface area contributed by atoms with Crippen LogP contribution in [0.5, 0.6) is 5.75 Å². The first-order chi connectivity index (χ1) is 8.76. The van der Waals surface area contributed by atoms with Crippen molar-refractivity contribution < 1.29 is 9.47 Å². The van der Waals surface area contributed by atoms with E-state index in [1.165, 1.54) is 12.3 Å². The predicted molar refractivity (Wildman–Crippen MR) is 68.8 cm³/mol. The molecule has 1 aromatic heterocycles. The summed E-state index contributed by atoms with van der Waals surface area (Å²) in [6.45, 7) is 9.71. The van der Waals surface area contributed by atoms with E-state index in [1.807, 2.05) is 4.90 Å². The maximum absolute atomic E-state index is 11.5. The Kier molecular flexibility index (Phi) is 3.78. The third-order valence-corrected chi connectivity index (χ3v) is 2.61. The van der Waals surface area contributed by atoms with Crippen molar-refractivity contribution in [3.05, 3.63) is 35.6 Å². The molecule has 0 aliphatic carbocycles. The Morgan fingerprint density at radius 2 is 2.11 bits per heavy atom. The Bertz CT molecular complexity index is 504. The second-order valence-corrected chi connectivity index (χ2v) is 3.70. The summed E-state index contributed by atoms with van der Waals surface area (Å²) in [4.78, 5) is 20.0. The number of hydrogen-bond acceptors (Lipinski definition) is 5. The molecular weight excluding hydrogens is 234 g/mol. The fraction of sp³-hybridized carbons (Fsp3) is 0.333. The third-order valence-electron chi connectivity index (χ3n) is 2.61. The quantitative estimate of drug-likeness (QED) is 0.798. The molecule has 0 radical (unpaired) electrons. The van der Waals surface area contributed by atoms with Crippen LogP contribution in [0.4, 0.5) is 5.82 Å². The van der Waals surface area contributed by atoms with E-state index in [4.69, 9.17) is 9.47 Å². The van der Waals surface area contributed by atoms with Crippen LogP contribution in [0.3, 0.4) is 0 Å².